The van der Waals surface area contributed by atoms with Gasteiger partial charge in [-0.05, 0) is 46.0 Å². The summed E-state index contributed by atoms with van der Waals surface area (Å²) in [5.74, 6) is -1.11. The molecule has 6 nitrogen and oxygen atoms in total. The highest BCUT2D eigenvalue weighted by molar-refractivity contribution is 5.98. The maximum Gasteiger partial charge on any atom is 0.334 e. The highest BCUT2D eigenvalue weighted by atomic mass is 17.1. The zero-order valence-corrected chi connectivity index (χ0v) is 15.7. The van der Waals surface area contributed by atoms with Crippen LogP contribution >= 0.6 is 0 Å². The van der Waals surface area contributed by atoms with Crippen molar-refractivity contribution in [3.05, 3.63) is 24.3 Å². The van der Waals surface area contributed by atoms with Crippen LogP contribution in [0.25, 0.3) is 0 Å². The van der Waals surface area contributed by atoms with Crippen LogP contribution < -0.4 is 0 Å². The fraction of sp³-hybridized carbons (Fsp3) is 0.700. The Bertz CT molecular complexity index is 640. The number of epoxide rings is 1. The van der Waals surface area contributed by atoms with E-state index in [0.29, 0.717) is 37.7 Å². The molecule has 2 heterocycles. The van der Waals surface area contributed by atoms with Crippen LogP contribution in [0, 0.1) is 11.8 Å². The second-order valence-electron chi connectivity index (χ2n) is 8.32. The summed E-state index contributed by atoms with van der Waals surface area (Å²) in [7, 11) is 0. The first-order valence-electron chi connectivity index (χ1n) is 9.31. The van der Waals surface area contributed by atoms with Crippen molar-refractivity contribution < 1.29 is 29.2 Å². The second-order valence-corrected chi connectivity index (χ2v) is 8.32. The van der Waals surface area contributed by atoms with E-state index >= 15 is 0 Å². The number of ether oxygens (including phenoxy) is 2. The van der Waals surface area contributed by atoms with E-state index in [0.717, 1.165) is 0 Å². The normalized spacial score (nSPS) is 45.3. The molecule has 2 fully saturated rings. The third-order valence-corrected chi connectivity index (χ3v) is 6.09. The fourth-order valence-corrected chi connectivity index (χ4v) is 4.01. The van der Waals surface area contributed by atoms with Crippen molar-refractivity contribution in [1.82, 2.24) is 0 Å². The standard InChI is InChI=1S/C20H28O6/c1-12-7-5-8-19(3,26-23)9-6-10-20(4)15(25-20)11-14-13(2)18(22)24-17(14)16(12)21/h6,9,12,14-15,17,23H,2,5,7-8,10-11H2,1,3-4H3/b9-6+/t12-,14+,15-,17-,19-,20-/m1/s1. The first-order valence-corrected chi connectivity index (χ1v) is 9.31. The van der Waals surface area contributed by atoms with E-state index in [1.54, 1.807) is 0 Å². The molecule has 0 radical (unpaired) electrons. The van der Waals surface area contributed by atoms with E-state index in [9.17, 15) is 14.8 Å². The molecule has 26 heavy (non-hydrogen) atoms. The highest BCUT2D eigenvalue weighted by Gasteiger charge is 2.55. The molecule has 144 valence electrons. The Kier molecular flexibility index (Phi) is 5.12. The van der Waals surface area contributed by atoms with E-state index in [2.05, 4.69) is 11.5 Å². The summed E-state index contributed by atoms with van der Waals surface area (Å²) >= 11 is 0. The number of fused-ring (bicyclic) bond motifs is 2. The summed E-state index contributed by atoms with van der Waals surface area (Å²) in [5, 5.41) is 9.28. The van der Waals surface area contributed by atoms with Crippen LogP contribution in [-0.4, -0.2) is 40.4 Å². The molecule has 0 saturated carbocycles. The average Bonchev–Trinajstić information content (AvgIpc) is 3.15. The average molecular weight is 364 g/mol. The van der Waals surface area contributed by atoms with Crippen LogP contribution in [0.5, 0.6) is 0 Å². The van der Waals surface area contributed by atoms with Gasteiger partial charge in [0, 0.05) is 17.4 Å². The maximum atomic E-state index is 12.9. The van der Waals surface area contributed by atoms with Crippen LogP contribution in [-0.2, 0) is 24.0 Å². The molecule has 0 bridgehead atoms. The molecule has 0 unspecified atom stereocenters. The fourth-order valence-electron chi connectivity index (χ4n) is 4.01. The van der Waals surface area contributed by atoms with Crippen LogP contribution in [0.4, 0.5) is 0 Å². The zero-order chi connectivity index (χ0) is 19.1. The lowest BCUT2D eigenvalue weighted by molar-refractivity contribution is -0.304. The number of esters is 1. The third kappa shape index (κ3) is 3.63. The minimum absolute atomic E-state index is 0.0572. The molecule has 0 aromatic carbocycles. The van der Waals surface area contributed by atoms with Gasteiger partial charge in [-0.25, -0.2) is 9.68 Å². The SMILES string of the molecule is C=C1C(=O)O[C@H]2C(=O)[C@H](C)CCC[C@@](C)(OO)/C=C/C[C@@]3(C)O[C@@H]3C[C@@H]12. The number of Topliss-reactive ketones (excluding diaryl/α,β-unsaturated/α-hetero) is 1. The van der Waals surface area contributed by atoms with Crippen molar-refractivity contribution in [3.8, 4) is 0 Å². The molecule has 1 N–H and O–H groups in total. The molecule has 3 aliphatic rings. The first kappa shape index (κ1) is 19.3. The lowest BCUT2D eigenvalue weighted by Crippen LogP contribution is -2.33. The molecule has 3 rings (SSSR count). The highest BCUT2D eigenvalue weighted by Crippen LogP contribution is 2.47. The van der Waals surface area contributed by atoms with Crippen molar-refractivity contribution >= 4 is 11.8 Å². The van der Waals surface area contributed by atoms with Gasteiger partial charge >= 0.3 is 5.97 Å². The minimum Gasteiger partial charge on any atom is -0.450 e. The Morgan fingerprint density at radius 1 is 1.35 bits per heavy atom. The summed E-state index contributed by atoms with van der Waals surface area (Å²) in [6.07, 6.45) is 6.15. The molecule has 2 saturated heterocycles. The van der Waals surface area contributed by atoms with Crippen LogP contribution in [0.2, 0.25) is 0 Å². The van der Waals surface area contributed by atoms with E-state index < -0.39 is 17.7 Å². The Morgan fingerprint density at radius 2 is 2.08 bits per heavy atom. The minimum atomic E-state index is -0.787. The van der Waals surface area contributed by atoms with Crippen LogP contribution in [0.1, 0.15) is 52.9 Å². The predicted molar refractivity (Wildman–Crippen MR) is 94.3 cm³/mol. The summed E-state index contributed by atoms with van der Waals surface area (Å²) < 4.78 is 11.2. The van der Waals surface area contributed by atoms with Gasteiger partial charge in [-0.1, -0.05) is 25.7 Å². The number of carbonyl (C=O) groups is 2. The molecular weight excluding hydrogens is 336 g/mol. The predicted octanol–water partition coefficient (Wildman–Crippen LogP) is 3.22. The van der Waals surface area contributed by atoms with Gasteiger partial charge in [0.25, 0.3) is 0 Å². The van der Waals surface area contributed by atoms with Gasteiger partial charge in [0.1, 0.15) is 5.60 Å². The van der Waals surface area contributed by atoms with Gasteiger partial charge in [-0.2, -0.15) is 0 Å². The molecular formula is C20H28O6. The number of ketones is 1. The smallest absolute Gasteiger partial charge is 0.334 e. The van der Waals surface area contributed by atoms with Crippen LogP contribution in [0.15, 0.2) is 24.3 Å². The summed E-state index contributed by atoms with van der Waals surface area (Å²) in [6.45, 7) is 9.52. The van der Waals surface area contributed by atoms with Crippen molar-refractivity contribution in [2.45, 2.75) is 76.3 Å². The lowest BCUT2D eigenvalue weighted by Gasteiger charge is -2.24. The number of carbonyl (C=O) groups excluding carboxylic acids is 2. The van der Waals surface area contributed by atoms with E-state index in [-0.39, 0.29) is 29.3 Å². The van der Waals surface area contributed by atoms with Gasteiger partial charge < -0.3 is 9.47 Å². The van der Waals surface area contributed by atoms with Gasteiger partial charge in [-0.15, -0.1) is 0 Å². The molecule has 0 aromatic rings. The van der Waals surface area contributed by atoms with E-state index in [4.69, 9.17) is 9.47 Å². The Balaban J connectivity index is 1.84. The van der Waals surface area contributed by atoms with Gasteiger partial charge in [0.2, 0.25) is 0 Å². The number of hydrogen-bond acceptors (Lipinski definition) is 6. The first-order chi connectivity index (χ1) is 12.2. The molecule has 1 aliphatic carbocycles. The second kappa shape index (κ2) is 6.91. The summed E-state index contributed by atoms with van der Waals surface area (Å²) in [6, 6.07) is 0. The molecule has 0 amide bonds. The molecule has 6 atom stereocenters. The molecule has 0 spiro atoms. The van der Waals surface area contributed by atoms with Gasteiger partial charge in [0.05, 0.1) is 11.7 Å². The van der Waals surface area contributed by atoms with E-state index in [1.165, 1.54) is 0 Å². The van der Waals surface area contributed by atoms with Gasteiger partial charge in [-0.3, -0.25) is 10.1 Å². The summed E-state index contributed by atoms with van der Waals surface area (Å²) in [4.78, 5) is 29.5. The van der Waals surface area contributed by atoms with E-state index in [1.807, 2.05) is 32.9 Å². The number of hydrogen-bond donors (Lipinski definition) is 1. The maximum absolute atomic E-state index is 12.9. The molecule has 0 aromatic heterocycles. The van der Waals surface area contributed by atoms with Crippen molar-refractivity contribution in [1.29, 1.82) is 0 Å². The van der Waals surface area contributed by atoms with Gasteiger partial charge in [0.15, 0.2) is 11.9 Å². The van der Waals surface area contributed by atoms with Crippen molar-refractivity contribution in [3.63, 3.8) is 0 Å². The van der Waals surface area contributed by atoms with Crippen molar-refractivity contribution in [2.24, 2.45) is 11.8 Å². The Labute approximate surface area is 154 Å². The number of rotatable bonds is 1. The summed E-state index contributed by atoms with van der Waals surface area (Å²) in [5.41, 5.74) is -0.760. The third-order valence-electron chi connectivity index (χ3n) is 6.09. The quantitative estimate of drug-likeness (QED) is 0.192. The zero-order valence-electron chi connectivity index (χ0n) is 15.7. The molecule has 2 aliphatic heterocycles. The Hall–Kier alpha value is -1.50. The van der Waals surface area contributed by atoms with Crippen LogP contribution in [0.3, 0.4) is 0 Å². The molecule has 6 heteroatoms. The Morgan fingerprint density at radius 3 is 2.77 bits per heavy atom. The largest absolute Gasteiger partial charge is 0.450 e. The van der Waals surface area contributed by atoms with Crippen molar-refractivity contribution in [2.75, 3.05) is 0 Å². The topological polar surface area (TPSA) is 85.4 Å². The monoisotopic (exact) mass is 364 g/mol. The lowest BCUT2D eigenvalue weighted by atomic mass is 9.82.